The van der Waals surface area contributed by atoms with Gasteiger partial charge in [-0.1, -0.05) is 0 Å². The molecule has 0 saturated heterocycles. The van der Waals surface area contributed by atoms with Gasteiger partial charge in [-0.2, -0.15) is 0 Å². The molecule has 1 heterocycles. The summed E-state index contributed by atoms with van der Waals surface area (Å²) >= 11 is 0. The van der Waals surface area contributed by atoms with Crippen molar-refractivity contribution in [3.8, 4) is 0 Å². The molecule has 0 bridgehead atoms. The van der Waals surface area contributed by atoms with E-state index in [2.05, 4.69) is 22.7 Å². The molecular weight excluding hydrogens is 152 g/mol. The van der Waals surface area contributed by atoms with Crippen molar-refractivity contribution in [2.24, 2.45) is 10.8 Å². The average Bonchev–Trinajstić information content (AvgIpc) is 1.88. The Balaban J connectivity index is 0.000000810. The van der Waals surface area contributed by atoms with Crippen molar-refractivity contribution in [2.45, 2.75) is 19.4 Å². The molecule has 60 valence electrons. The number of rotatable bonds is 0. The smallest absolute Gasteiger partial charge is 0.205 e. The van der Waals surface area contributed by atoms with Crippen LogP contribution in [0.1, 0.15) is 13.3 Å². The molecule has 0 aromatic rings. The summed E-state index contributed by atoms with van der Waals surface area (Å²) < 4.78 is 0. The summed E-state index contributed by atoms with van der Waals surface area (Å²) in [6.07, 6.45) is 1.09. The third kappa shape index (κ3) is 2.41. The van der Waals surface area contributed by atoms with E-state index in [9.17, 15) is 0 Å². The van der Waals surface area contributed by atoms with Crippen LogP contribution >= 0.6 is 12.4 Å². The van der Waals surface area contributed by atoms with Gasteiger partial charge in [0, 0.05) is 12.6 Å². The van der Waals surface area contributed by atoms with Gasteiger partial charge in [0.05, 0.1) is 0 Å². The van der Waals surface area contributed by atoms with Crippen LogP contribution in [0.25, 0.3) is 0 Å². The maximum Gasteiger partial charge on any atom is 0.205 e. The maximum absolute atomic E-state index is 5.12. The second-order valence-corrected chi connectivity index (χ2v) is 2.21. The molecule has 0 spiro atoms. The summed E-state index contributed by atoms with van der Waals surface area (Å²) in [5.41, 5.74) is 2.47. The van der Waals surface area contributed by atoms with E-state index >= 15 is 0 Å². The number of aliphatic imine (C=N–C) groups is 1. The lowest BCUT2D eigenvalue weighted by Gasteiger charge is -2.19. The minimum absolute atomic E-state index is 0. The summed E-state index contributed by atoms with van der Waals surface area (Å²) in [7, 11) is 0. The molecule has 4 nitrogen and oxygen atoms in total. The van der Waals surface area contributed by atoms with Crippen LogP contribution in [-0.4, -0.2) is 18.5 Å². The summed E-state index contributed by atoms with van der Waals surface area (Å²) in [6, 6.07) is 0.494. The summed E-state index contributed by atoms with van der Waals surface area (Å²) in [5, 5.41) is 3.08. The van der Waals surface area contributed by atoms with Gasteiger partial charge >= 0.3 is 0 Å². The first-order valence-electron chi connectivity index (χ1n) is 3.10. The molecule has 10 heavy (non-hydrogen) atoms. The molecule has 0 radical (unpaired) electrons. The number of hydrogen-bond acceptors (Lipinski definition) is 4. The molecular formula is C5H13ClN4. The quantitative estimate of drug-likeness (QED) is 0.338. The molecule has 0 aromatic heterocycles. The molecule has 0 saturated carbocycles. The normalized spacial score (nSPS) is 23.8. The molecule has 5 heteroatoms. The van der Waals surface area contributed by atoms with Gasteiger partial charge in [0.2, 0.25) is 5.96 Å². The monoisotopic (exact) mass is 164 g/mol. The molecule has 1 unspecified atom stereocenters. The average molecular weight is 165 g/mol. The van der Waals surface area contributed by atoms with Gasteiger partial charge in [-0.3, -0.25) is 10.4 Å². The highest BCUT2D eigenvalue weighted by atomic mass is 35.5. The first kappa shape index (κ1) is 9.52. The van der Waals surface area contributed by atoms with Crippen LogP contribution in [0.15, 0.2) is 4.99 Å². The Labute approximate surface area is 66.7 Å². The Morgan fingerprint density at radius 1 is 1.80 bits per heavy atom. The number of hydrazine groups is 1. The second kappa shape index (κ2) is 4.35. The maximum atomic E-state index is 5.12. The molecule has 1 aliphatic rings. The highest BCUT2D eigenvalue weighted by Gasteiger charge is 2.07. The molecule has 0 aromatic carbocycles. The molecule has 1 aliphatic heterocycles. The van der Waals surface area contributed by atoms with Crippen LogP contribution in [-0.2, 0) is 0 Å². The van der Waals surface area contributed by atoms with Crippen LogP contribution in [0.3, 0.4) is 0 Å². The van der Waals surface area contributed by atoms with Crippen LogP contribution in [0.2, 0.25) is 0 Å². The van der Waals surface area contributed by atoms with E-state index in [4.69, 9.17) is 5.84 Å². The first-order valence-corrected chi connectivity index (χ1v) is 3.10. The number of nitrogens with one attached hydrogen (secondary N) is 2. The number of halogens is 1. The van der Waals surface area contributed by atoms with Gasteiger partial charge in [0.1, 0.15) is 0 Å². The van der Waals surface area contributed by atoms with E-state index in [1.165, 1.54) is 0 Å². The highest BCUT2D eigenvalue weighted by molar-refractivity contribution is 5.85. The lowest BCUT2D eigenvalue weighted by Crippen LogP contribution is -2.48. The van der Waals surface area contributed by atoms with E-state index in [0.717, 1.165) is 13.0 Å². The van der Waals surface area contributed by atoms with Crippen LogP contribution in [0, 0.1) is 0 Å². The van der Waals surface area contributed by atoms with E-state index in [0.29, 0.717) is 12.0 Å². The van der Waals surface area contributed by atoms with E-state index < -0.39 is 0 Å². The topological polar surface area (TPSA) is 62.4 Å². The Bertz CT molecular complexity index is 125. The van der Waals surface area contributed by atoms with Crippen molar-refractivity contribution in [3.05, 3.63) is 0 Å². The van der Waals surface area contributed by atoms with Crippen molar-refractivity contribution in [3.63, 3.8) is 0 Å². The predicted molar refractivity (Wildman–Crippen MR) is 44.1 cm³/mol. The molecule has 0 aliphatic carbocycles. The van der Waals surface area contributed by atoms with Gasteiger partial charge in [0.25, 0.3) is 0 Å². The van der Waals surface area contributed by atoms with Gasteiger partial charge < -0.3 is 5.32 Å². The van der Waals surface area contributed by atoms with Crippen molar-refractivity contribution >= 4 is 18.4 Å². The van der Waals surface area contributed by atoms with Gasteiger partial charge in [-0.05, 0) is 13.3 Å². The lowest BCUT2D eigenvalue weighted by molar-refractivity contribution is 0.572. The second-order valence-electron chi connectivity index (χ2n) is 2.21. The van der Waals surface area contributed by atoms with E-state index in [-0.39, 0.29) is 12.4 Å². The Kier molecular flexibility index (Phi) is 4.14. The SMILES string of the molecule is CC1CCN=C(NN)N1.Cl. The number of nitrogens with zero attached hydrogens (tertiary/aromatic N) is 1. The largest absolute Gasteiger partial charge is 0.353 e. The zero-order chi connectivity index (χ0) is 6.69. The summed E-state index contributed by atoms with van der Waals surface area (Å²) in [4.78, 5) is 4.07. The third-order valence-electron chi connectivity index (χ3n) is 1.35. The summed E-state index contributed by atoms with van der Waals surface area (Å²) in [6.45, 7) is 2.97. The molecule has 1 rings (SSSR count). The van der Waals surface area contributed by atoms with Crippen LogP contribution in [0.4, 0.5) is 0 Å². The number of hydrogen-bond donors (Lipinski definition) is 3. The molecule has 0 amide bonds. The fraction of sp³-hybridized carbons (Fsp3) is 0.800. The van der Waals surface area contributed by atoms with E-state index in [1.54, 1.807) is 0 Å². The van der Waals surface area contributed by atoms with Crippen molar-refractivity contribution in [1.82, 2.24) is 10.7 Å². The predicted octanol–water partition coefficient (Wildman–Crippen LogP) is -0.391. The standard InChI is InChI=1S/C5H12N4.ClH/c1-4-2-3-7-5(8-4)9-6;/h4H,2-3,6H2,1H3,(H2,7,8,9);1H. The van der Waals surface area contributed by atoms with E-state index in [1.807, 2.05) is 0 Å². The zero-order valence-corrected chi connectivity index (χ0v) is 6.74. The van der Waals surface area contributed by atoms with Gasteiger partial charge in [-0.25, -0.2) is 5.84 Å². The Hall–Kier alpha value is -0.480. The Morgan fingerprint density at radius 2 is 2.50 bits per heavy atom. The highest BCUT2D eigenvalue weighted by Crippen LogP contribution is 1.95. The van der Waals surface area contributed by atoms with Crippen molar-refractivity contribution in [2.75, 3.05) is 6.54 Å². The minimum atomic E-state index is 0. The molecule has 1 atom stereocenters. The number of nitrogens with two attached hydrogens (primary N) is 1. The fourth-order valence-electron chi connectivity index (χ4n) is 0.809. The molecule has 0 fully saturated rings. The fourth-order valence-corrected chi connectivity index (χ4v) is 0.809. The summed E-state index contributed by atoms with van der Waals surface area (Å²) in [5.74, 6) is 5.82. The van der Waals surface area contributed by atoms with Gasteiger partial charge in [0.15, 0.2) is 0 Å². The van der Waals surface area contributed by atoms with Gasteiger partial charge in [-0.15, -0.1) is 12.4 Å². The lowest BCUT2D eigenvalue weighted by atomic mass is 10.2. The zero-order valence-electron chi connectivity index (χ0n) is 5.92. The number of guanidine groups is 1. The first-order chi connectivity index (χ1) is 4.33. The van der Waals surface area contributed by atoms with Crippen molar-refractivity contribution < 1.29 is 0 Å². The Morgan fingerprint density at radius 3 is 2.90 bits per heavy atom. The van der Waals surface area contributed by atoms with Crippen molar-refractivity contribution in [1.29, 1.82) is 0 Å². The third-order valence-corrected chi connectivity index (χ3v) is 1.35. The van der Waals surface area contributed by atoms with Crippen LogP contribution in [0.5, 0.6) is 0 Å². The minimum Gasteiger partial charge on any atom is -0.353 e. The van der Waals surface area contributed by atoms with Crippen LogP contribution < -0.4 is 16.6 Å². The molecule has 4 N–H and O–H groups in total.